The van der Waals surface area contributed by atoms with Gasteiger partial charge in [-0.3, -0.25) is 4.79 Å². The summed E-state index contributed by atoms with van der Waals surface area (Å²) in [7, 11) is 0. The monoisotopic (exact) mass is 424 g/mol. The molecule has 1 aliphatic heterocycles. The lowest BCUT2D eigenvalue weighted by Crippen LogP contribution is -2.51. The first-order chi connectivity index (χ1) is 13.7. The van der Waals surface area contributed by atoms with Gasteiger partial charge >= 0.3 is 11.5 Å². The van der Waals surface area contributed by atoms with Crippen LogP contribution in [0.25, 0.3) is 0 Å². The van der Waals surface area contributed by atoms with Crippen molar-refractivity contribution >= 4 is 29.4 Å². The molecule has 154 valence electrons. The Morgan fingerprint density at radius 1 is 1.07 bits per heavy atom. The zero-order valence-corrected chi connectivity index (χ0v) is 16.4. The summed E-state index contributed by atoms with van der Waals surface area (Å²) < 4.78 is 38.2. The molecule has 6 nitrogen and oxygen atoms in total. The van der Waals surface area contributed by atoms with Crippen molar-refractivity contribution in [3.05, 3.63) is 53.7 Å². The fourth-order valence-electron chi connectivity index (χ4n) is 2.95. The Balaban J connectivity index is 1.61. The second kappa shape index (κ2) is 8.73. The van der Waals surface area contributed by atoms with Gasteiger partial charge in [-0.15, -0.1) is 0 Å². The van der Waals surface area contributed by atoms with Gasteiger partial charge in [0.15, 0.2) is 0 Å². The summed E-state index contributed by atoms with van der Waals surface area (Å²) in [6, 6.07) is 9.87. The van der Waals surface area contributed by atoms with E-state index in [2.05, 4.69) is 10.3 Å². The molecule has 0 saturated carbocycles. The van der Waals surface area contributed by atoms with E-state index in [9.17, 15) is 22.8 Å². The highest BCUT2D eigenvalue weighted by Gasteiger charge is 2.34. The minimum atomic E-state index is -4.53. The van der Waals surface area contributed by atoms with Crippen molar-refractivity contribution in [3.8, 4) is 0 Å². The maximum atomic E-state index is 12.7. The van der Waals surface area contributed by atoms with E-state index in [0.29, 0.717) is 5.69 Å². The number of aryl methyl sites for hydroxylation is 1. The molecule has 0 unspecified atom stereocenters. The number of carbonyl (C=O) groups excluding carboxylic acids is 2. The van der Waals surface area contributed by atoms with Crippen LogP contribution in [-0.4, -0.2) is 58.4 Å². The van der Waals surface area contributed by atoms with Crippen molar-refractivity contribution in [1.82, 2.24) is 14.8 Å². The number of alkyl halides is 3. The number of aromatic nitrogens is 1. The lowest BCUT2D eigenvalue weighted by molar-refractivity contribution is -0.0329. The molecule has 3 amide bonds. The Bertz CT molecular complexity index is 899. The normalized spacial score (nSPS) is 14.6. The molecule has 1 aliphatic rings. The molecule has 0 spiro atoms. The van der Waals surface area contributed by atoms with Crippen LogP contribution in [0.3, 0.4) is 0 Å². The molecule has 0 atom stereocenters. The number of carbonyl (C=O) groups is 2. The maximum absolute atomic E-state index is 12.7. The number of hydrogen-bond donors (Lipinski definition) is 1. The van der Waals surface area contributed by atoms with E-state index >= 15 is 0 Å². The maximum Gasteiger partial charge on any atom is 0.447 e. The number of rotatable bonds is 3. The van der Waals surface area contributed by atoms with E-state index in [0.717, 1.165) is 5.56 Å². The van der Waals surface area contributed by atoms with E-state index in [-0.39, 0.29) is 42.8 Å². The Kier molecular flexibility index (Phi) is 6.31. The summed E-state index contributed by atoms with van der Waals surface area (Å²) in [5.41, 5.74) is -2.93. The smallest absolute Gasteiger partial charge is 0.335 e. The number of hydrogen-bond acceptors (Lipinski definition) is 4. The van der Waals surface area contributed by atoms with Crippen LogP contribution in [0.5, 0.6) is 0 Å². The van der Waals surface area contributed by atoms with E-state index < -0.39 is 23.2 Å². The Labute approximate surface area is 170 Å². The summed E-state index contributed by atoms with van der Waals surface area (Å²) in [5, 5.41) is 2.44. The minimum Gasteiger partial charge on any atom is -0.335 e. The molecule has 1 aromatic carbocycles. The zero-order chi connectivity index (χ0) is 21.0. The molecule has 2 aromatic rings. The largest absolute Gasteiger partial charge is 0.447 e. The average Bonchev–Trinajstić information content (AvgIpc) is 2.67. The van der Waals surface area contributed by atoms with Gasteiger partial charge in [-0.1, -0.05) is 12.1 Å². The van der Waals surface area contributed by atoms with Gasteiger partial charge in [0.2, 0.25) is 0 Å². The van der Waals surface area contributed by atoms with E-state index in [1.165, 1.54) is 23.2 Å². The van der Waals surface area contributed by atoms with Gasteiger partial charge in [-0.25, -0.2) is 9.78 Å². The Morgan fingerprint density at radius 2 is 1.76 bits per heavy atom. The molecule has 2 heterocycles. The number of benzene rings is 1. The van der Waals surface area contributed by atoms with E-state index in [4.69, 9.17) is 0 Å². The average molecular weight is 424 g/mol. The predicted molar refractivity (Wildman–Crippen MR) is 104 cm³/mol. The Morgan fingerprint density at radius 3 is 2.41 bits per heavy atom. The highest BCUT2D eigenvalue weighted by Crippen LogP contribution is 2.37. The highest BCUT2D eigenvalue weighted by atomic mass is 32.2. The van der Waals surface area contributed by atoms with Crippen molar-refractivity contribution in [2.24, 2.45) is 0 Å². The number of halogens is 3. The van der Waals surface area contributed by atoms with Crippen LogP contribution in [0.2, 0.25) is 0 Å². The van der Waals surface area contributed by atoms with Crippen LogP contribution in [0.15, 0.2) is 47.6 Å². The topological polar surface area (TPSA) is 65.5 Å². The zero-order valence-electron chi connectivity index (χ0n) is 15.6. The quantitative estimate of drug-likeness (QED) is 0.757. The van der Waals surface area contributed by atoms with Crippen molar-refractivity contribution in [2.45, 2.75) is 17.5 Å². The molecule has 1 fully saturated rings. The Hall–Kier alpha value is -2.75. The second-order valence-electron chi connectivity index (χ2n) is 6.48. The number of nitrogens with one attached hydrogen (secondary N) is 1. The molecule has 0 aliphatic carbocycles. The predicted octanol–water partition coefficient (Wildman–Crippen LogP) is 3.99. The van der Waals surface area contributed by atoms with Crippen molar-refractivity contribution in [1.29, 1.82) is 0 Å². The molecule has 1 aromatic heterocycles. The molecule has 0 radical (unpaired) electrons. The number of amides is 3. The van der Waals surface area contributed by atoms with Gasteiger partial charge in [0.25, 0.3) is 5.91 Å². The third kappa shape index (κ3) is 5.63. The van der Waals surface area contributed by atoms with Crippen molar-refractivity contribution in [3.63, 3.8) is 0 Å². The molecule has 10 heteroatoms. The van der Waals surface area contributed by atoms with Gasteiger partial charge in [0, 0.05) is 49.8 Å². The van der Waals surface area contributed by atoms with E-state index in [1.807, 2.05) is 25.1 Å². The number of pyridine rings is 1. The minimum absolute atomic E-state index is 0.0903. The van der Waals surface area contributed by atoms with Gasteiger partial charge in [-0.2, -0.15) is 13.2 Å². The van der Waals surface area contributed by atoms with Gasteiger partial charge in [-0.05, 0) is 36.8 Å². The fourth-order valence-corrected chi connectivity index (χ4v) is 3.55. The summed E-state index contributed by atoms with van der Waals surface area (Å²) >= 11 is -0.406. The first-order valence-corrected chi connectivity index (χ1v) is 9.67. The number of nitrogens with zero attached hydrogens (tertiary/aromatic N) is 3. The third-order valence-electron chi connectivity index (χ3n) is 4.34. The third-order valence-corrected chi connectivity index (χ3v) is 5.09. The number of thioether (sulfide) groups is 1. The molecule has 3 rings (SSSR count). The van der Waals surface area contributed by atoms with Crippen molar-refractivity contribution in [2.75, 3.05) is 31.5 Å². The second-order valence-corrected chi connectivity index (χ2v) is 7.54. The molecule has 29 heavy (non-hydrogen) atoms. The molecule has 0 bridgehead atoms. The van der Waals surface area contributed by atoms with E-state index in [1.54, 1.807) is 11.0 Å². The summed E-state index contributed by atoms with van der Waals surface area (Å²) in [4.78, 5) is 31.8. The van der Waals surface area contributed by atoms with Gasteiger partial charge < -0.3 is 15.1 Å². The highest BCUT2D eigenvalue weighted by molar-refractivity contribution is 8.00. The first kappa shape index (κ1) is 21.0. The summed E-state index contributed by atoms with van der Waals surface area (Å²) in [5.74, 6) is -0.524. The van der Waals surface area contributed by atoms with Gasteiger partial charge in [0.05, 0.1) is 5.56 Å². The molecular formula is C19H19F3N4O2S. The fraction of sp³-hybridized carbons (Fsp3) is 0.316. The number of piperazine rings is 1. The van der Waals surface area contributed by atoms with Crippen LogP contribution in [-0.2, 0) is 0 Å². The van der Waals surface area contributed by atoms with Crippen molar-refractivity contribution < 1.29 is 22.8 Å². The standard InChI is InChI=1S/C19H19F3N4O2S/c1-13-4-2-5-14(12-13)24-18(28)26-10-8-25(9-11-26)17(27)15-6-3-7-23-16(15)29-19(20,21)22/h2-7,12H,8-11H2,1H3,(H,24,28). The van der Waals surface area contributed by atoms with Crippen LogP contribution in [0.4, 0.5) is 23.7 Å². The van der Waals surface area contributed by atoms with Crippen LogP contribution in [0, 0.1) is 6.92 Å². The molecular weight excluding hydrogens is 405 g/mol. The lowest BCUT2D eigenvalue weighted by atomic mass is 10.2. The summed E-state index contributed by atoms with van der Waals surface area (Å²) in [6.07, 6.45) is 1.22. The summed E-state index contributed by atoms with van der Waals surface area (Å²) in [6.45, 7) is 2.94. The van der Waals surface area contributed by atoms with Crippen LogP contribution < -0.4 is 5.32 Å². The van der Waals surface area contributed by atoms with Crippen LogP contribution in [0.1, 0.15) is 15.9 Å². The SMILES string of the molecule is Cc1cccc(NC(=O)N2CCN(C(=O)c3cccnc3SC(F)(F)F)CC2)c1. The molecule has 1 N–H and O–H groups in total. The van der Waals surface area contributed by atoms with Gasteiger partial charge in [0.1, 0.15) is 5.03 Å². The number of urea groups is 1. The van der Waals surface area contributed by atoms with Crippen LogP contribution >= 0.6 is 11.8 Å². The lowest BCUT2D eigenvalue weighted by Gasteiger charge is -2.35. The number of anilines is 1. The first-order valence-electron chi connectivity index (χ1n) is 8.85. The molecule has 1 saturated heterocycles.